The zero-order chi connectivity index (χ0) is 25.8. The van der Waals surface area contributed by atoms with Gasteiger partial charge in [0, 0.05) is 18.9 Å². The van der Waals surface area contributed by atoms with E-state index in [9.17, 15) is 25.2 Å². The summed E-state index contributed by atoms with van der Waals surface area (Å²) in [6.45, 7) is 2.89. The summed E-state index contributed by atoms with van der Waals surface area (Å²) < 4.78 is 18.3. The van der Waals surface area contributed by atoms with Gasteiger partial charge in [0.1, 0.15) is 36.7 Å². The van der Waals surface area contributed by atoms with Gasteiger partial charge in [-0.05, 0) is 42.9 Å². The summed E-state index contributed by atoms with van der Waals surface area (Å²) in [5, 5.41) is 40.9. The molecule has 5 saturated heterocycles. The van der Waals surface area contributed by atoms with Gasteiger partial charge in [-0.2, -0.15) is 0 Å². The molecule has 1 saturated carbocycles. The summed E-state index contributed by atoms with van der Waals surface area (Å²) in [4.78, 5) is 19.8. The van der Waals surface area contributed by atoms with Crippen molar-refractivity contribution in [1.82, 2.24) is 4.90 Å². The lowest BCUT2D eigenvalue weighted by molar-refractivity contribution is -0.328. The molecule has 10 heteroatoms. The van der Waals surface area contributed by atoms with Crippen LogP contribution in [0, 0.1) is 11.8 Å². The highest BCUT2D eigenvalue weighted by Gasteiger charge is 2.75. The van der Waals surface area contributed by atoms with Gasteiger partial charge in [0.15, 0.2) is 6.29 Å². The number of allylic oxidation sites excluding steroid dienone is 1. The smallest absolute Gasteiger partial charge is 0.302 e. The number of fused-ring (bicyclic) bond motifs is 2. The Kier molecular flexibility index (Phi) is 5.27. The number of aliphatic hydroxyl groups is 4. The summed E-state index contributed by atoms with van der Waals surface area (Å²) in [5.74, 6) is -0.176. The fourth-order valence-electron chi connectivity index (χ4n) is 8.32. The van der Waals surface area contributed by atoms with Crippen LogP contribution in [0.15, 0.2) is 40.9 Å². The minimum Gasteiger partial charge on any atom is -0.461 e. The zero-order valence-electron chi connectivity index (χ0n) is 20.7. The highest BCUT2D eigenvalue weighted by atomic mass is 16.7. The van der Waals surface area contributed by atoms with Crippen LogP contribution in [0.1, 0.15) is 32.3 Å². The Morgan fingerprint density at radius 3 is 2.76 bits per heavy atom. The molecule has 0 radical (unpaired) electrons. The zero-order valence-corrected chi connectivity index (χ0v) is 20.7. The molecule has 6 heterocycles. The van der Waals surface area contributed by atoms with Crippen LogP contribution in [-0.4, -0.2) is 98.7 Å². The lowest BCUT2D eigenvalue weighted by Crippen LogP contribution is -2.70. The van der Waals surface area contributed by atoms with E-state index in [2.05, 4.69) is 11.0 Å². The molecule has 1 aromatic rings. The first-order valence-electron chi connectivity index (χ1n) is 13.1. The second-order valence-corrected chi connectivity index (χ2v) is 11.1. The van der Waals surface area contributed by atoms with Crippen molar-refractivity contribution >= 4 is 17.4 Å². The van der Waals surface area contributed by atoms with E-state index in [0.717, 1.165) is 35.4 Å². The van der Waals surface area contributed by atoms with Gasteiger partial charge in [-0.3, -0.25) is 14.7 Å². The number of carbonyl (C=O) groups excluding carboxylic acids is 1. The minimum absolute atomic E-state index is 0.0495. The maximum Gasteiger partial charge on any atom is 0.302 e. The number of hydrogen-bond acceptors (Lipinski definition) is 10. The number of esters is 1. The molecule has 198 valence electrons. The van der Waals surface area contributed by atoms with Crippen LogP contribution >= 0.6 is 0 Å². The molecule has 6 aliphatic heterocycles. The first-order valence-corrected chi connectivity index (χ1v) is 13.1. The molecule has 1 spiro atoms. The third-order valence-electron chi connectivity index (χ3n) is 9.62. The monoisotopic (exact) mass is 512 g/mol. The van der Waals surface area contributed by atoms with Gasteiger partial charge in [-0.15, -0.1) is 0 Å². The fraction of sp³-hybridized carbons (Fsp3) is 0.630. The predicted octanol–water partition coefficient (Wildman–Crippen LogP) is 0.137. The Morgan fingerprint density at radius 2 is 2.03 bits per heavy atom. The largest absolute Gasteiger partial charge is 0.461 e. The van der Waals surface area contributed by atoms with Crippen LogP contribution in [0.25, 0.3) is 0 Å². The number of hydrogen-bond donors (Lipinski definition) is 4. The summed E-state index contributed by atoms with van der Waals surface area (Å²) in [7, 11) is 0. The molecule has 13 atom stereocenters. The van der Waals surface area contributed by atoms with Crippen molar-refractivity contribution in [3.8, 4) is 0 Å². The van der Waals surface area contributed by atoms with Gasteiger partial charge in [0.05, 0.1) is 29.5 Å². The number of nitrogens with zero attached hydrogens (tertiary/aromatic N) is 2. The molecule has 37 heavy (non-hydrogen) atoms. The summed E-state index contributed by atoms with van der Waals surface area (Å²) in [5.41, 5.74) is 3.57. The average molecular weight is 513 g/mol. The maximum absolute atomic E-state index is 12.4. The lowest BCUT2D eigenvalue weighted by Gasteiger charge is -2.59. The third-order valence-corrected chi connectivity index (χ3v) is 9.62. The molecule has 0 amide bonds. The van der Waals surface area contributed by atoms with E-state index in [0.29, 0.717) is 0 Å². The van der Waals surface area contributed by atoms with E-state index in [-0.39, 0.29) is 36.0 Å². The number of ether oxygens (including phenoxy) is 3. The van der Waals surface area contributed by atoms with Crippen molar-refractivity contribution in [3.05, 3.63) is 41.5 Å². The van der Waals surface area contributed by atoms with Gasteiger partial charge in [0.25, 0.3) is 0 Å². The normalized spacial score (nSPS) is 49.7. The number of aliphatic imine (C=N–C) groups is 1. The second-order valence-electron chi connectivity index (χ2n) is 11.1. The molecule has 6 fully saturated rings. The Labute approximate surface area is 214 Å². The number of aliphatic hydroxyl groups excluding tert-OH is 4. The Morgan fingerprint density at radius 1 is 1.24 bits per heavy atom. The molecule has 3 unspecified atom stereocenters. The Hall–Kier alpha value is -2.18. The van der Waals surface area contributed by atoms with E-state index in [1.165, 1.54) is 6.92 Å². The highest BCUT2D eigenvalue weighted by molar-refractivity contribution is 6.08. The average Bonchev–Trinajstić information content (AvgIpc) is 3.36. The van der Waals surface area contributed by atoms with Gasteiger partial charge in [-0.1, -0.05) is 24.3 Å². The minimum atomic E-state index is -1.52. The summed E-state index contributed by atoms with van der Waals surface area (Å²) >= 11 is 0. The van der Waals surface area contributed by atoms with Crippen LogP contribution in [0.2, 0.25) is 0 Å². The van der Waals surface area contributed by atoms with Gasteiger partial charge >= 0.3 is 5.97 Å². The van der Waals surface area contributed by atoms with E-state index in [1.54, 1.807) is 0 Å². The van der Waals surface area contributed by atoms with Crippen molar-refractivity contribution in [1.29, 1.82) is 0 Å². The lowest BCUT2D eigenvalue weighted by atomic mass is 9.66. The van der Waals surface area contributed by atoms with Crippen LogP contribution in [0.5, 0.6) is 0 Å². The molecule has 0 aromatic heterocycles. The standard InChI is InChI=1S/C27H32N2O8/c1-3-12-13-8-16-23-27(14-6-4-5-7-15(14)28-23)9-17(19(13)24(27)35-11(2)31)29(16)25(12)37-26-22(34)21(33)20(32)18(10-30)36-26/h3-7,13,16-22,24-26,30,32-34H,8-10H2,1-2H3/t13?,16-,17-,18+,19?,20+,21-,22+,24+,25+,26-,27+/m0/s1. The van der Waals surface area contributed by atoms with Crippen molar-refractivity contribution in [2.24, 2.45) is 16.8 Å². The Bertz CT molecular complexity index is 1200. The second kappa shape index (κ2) is 8.16. The first kappa shape index (κ1) is 23.9. The van der Waals surface area contributed by atoms with Crippen LogP contribution < -0.4 is 0 Å². The van der Waals surface area contributed by atoms with E-state index < -0.39 is 49.0 Å². The maximum atomic E-state index is 12.4. The molecule has 8 rings (SSSR count). The molecular formula is C27H32N2O8. The molecule has 10 nitrogen and oxygen atoms in total. The molecule has 1 aliphatic carbocycles. The van der Waals surface area contributed by atoms with Gasteiger partial charge in [0.2, 0.25) is 0 Å². The fourth-order valence-corrected chi connectivity index (χ4v) is 8.32. The number of piperidine rings is 4. The first-order chi connectivity index (χ1) is 17.8. The summed E-state index contributed by atoms with van der Waals surface area (Å²) in [6, 6.07) is 8.10. The van der Waals surface area contributed by atoms with Crippen molar-refractivity contribution in [3.63, 3.8) is 0 Å². The van der Waals surface area contributed by atoms with Crippen LogP contribution in [-0.2, 0) is 24.4 Å². The molecule has 4 N–H and O–H groups in total. The molecule has 5 bridgehead atoms. The molecule has 7 aliphatic rings. The van der Waals surface area contributed by atoms with E-state index >= 15 is 0 Å². The number of rotatable bonds is 4. The van der Waals surface area contributed by atoms with Crippen molar-refractivity contribution < 1.29 is 39.4 Å². The number of para-hydroxylation sites is 1. The van der Waals surface area contributed by atoms with E-state index in [4.69, 9.17) is 19.2 Å². The van der Waals surface area contributed by atoms with Crippen LogP contribution in [0.3, 0.4) is 0 Å². The van der Waals surface area contributed by atoms with E-state index in [1.807, 2.05) is 31.2 Å². The molecular weight excluding hydrogens is 480 g/mol. The van der Waals surface area contributed by atoms with Gasteiger partial charge < -0.3 is 34.6 Å². The van der Waals surface area contributed by atoms with Crippen LogP contribution in [0.4, 0.5) is 5.69 Å². The van der Waals surface area contributed by atoms with Crippen molar-refractivity contribution in [2.45, 2.75) is 87.2 Å². The Balaban J connectivity index is 1.30. The number of benzene rings is 1. The summed E-state index contributed by atoms with van der Waals surface area (Å²) in [6.07, 6.45) is -4.07. The highest BCUT2D eigenvalue weighted by Crippen LogP contribution is 2.67. The quantitative estimate of drug-likeness (QED) is 0.327. The predicted molar refractivity (Wildman–Crippen MR) is 129 cm³/mol. The molecule has 1 aromatic carbocycles. The van der Waals surface area contributed by atoms with Crippen molar-refractivity contribution in [2.75, 3.05) is 6.61 Å². The third kappa shape index (κ3) is 2.95. The number of carbonyl (C=O) groups is 1. The topological polar surface area (TPSA) is 141 Å². The van der Waals surface area contributed by atoms with Gasteiger partial charge in [-0.25, -0.2) is 0 Å². The SMILES string of the molecule is CC=C1C2C[C@H]3C4=Nc5ccccc5[C@]45C[C@@H](C2[C@H]5OC(C)=O)N3[C@@H]1O[C@@H]1O[C@H](CO)[C@@H](O)[C@H](O)[C@H]1O.